The molecule has 3 amide bonds. The van der Waals surface area contributed by atoms with Gasteiger partial charge in [0.2, 0.25) is 11.8 Å². The van der Waals surface area contributed by atoms with Gasteiger partial charge in [0.25, 0.3) is 5.91 Å². The van der Waals surface area contributed by atoms with Crippen LogP contribution in [0.1, 0.15) is 35.7 Å². The van der Waals surface area contributed by atoms with Gasteiger partial charge in [-0.3, -0.25) is 14.4 Å². The van der Waals surface area contributed by atoms with E-state index in [2.05, 4.69) is 10.6 Å². The van der Waals surface area contributed by atoms with Crippen LogP contribution in [0.3, 0.4) is 0 Å². The first-order valence-electron chi connectivity index (χ1n) is 9.99. The molecule has 0 atom stereocenters. The van der Waals surface area contributed by atoms with Crippen molar-refractivity contribution in [3.05, 3.63) is 59.7 Å². The molecular weight excluding hydrogens is 382 g/mol. The van der Waals surface area contributed by atoms with Crippen LogP contribution in [0, 0.1) is 6.92 Å². The Balaban J connectivity index is 1.92. The van der Waals surface area contributed by atoms with Gasteiger partial charge in [0, 0.05) is 17.8 Å². The van der Waals surface area contributed by atoms with Gasteiger partial charge in [-0.1, -0.05) is 37.1 Å². The van der Waals surface area contributed by atoms with E-state index in [4.69, 9.17) is 4.74 Å². The Morgan fingerprint density at radius 2 is 1.77 bits per heavy atom. The summed E-state index contributed by atoms with van der Waals surface area (Å²) in [5.74, 6) is -0.386. The zero-order chi connectivity index (χ0) is 21.9. The highest BCUT2D eigenvalue weighted by atomic mass is 16.5. The normalized spacial score (nSPS) is 10.2. The first-order chi connectivity index (χ1) is 14.4. The Hall–Kier alpha value is -3.35. The number of aryl methyl sites for hydroxylation is 1. The number of hydrogen-bond acceptors (Lipinski definition) is 4. The fraction of sp³-hybridized carbons (Fsp3) is 0.348. The number of unbranched alkanes of at least 4 members (excludes halogenated alkanes) is 1. The second kappa shape index (κ2) is 11.6. The second-order valence-corrected chi connectivity index (χ2v) is 7.00. The van der Waals surface area contributed by atoms with Crippen molar-refractivity contribution in [2.75, 3.05) is 32.1 Å². The molecule has 0 aromatic heterocycles. The maximum absolute atomic E-state index is 12.9. The standard InChI is InChI=1S/C23H29N3O4/c1-4-5-13-26(23(29)18-7-6-8-20(14-18)30-3)16-22(28)24-15-21(27)25-19-11-9-17(2)10-12-19/h6-12,14H,4-5,13,15-16H2,1-3H3,(H,24,28)(H,25,27). The summed E-state index contributed by atoms with van der Waals surface area (Å²) in [6, 6.07) is 14.2. The third-order valence-corrected chi connectivity index (χ3v) is 4.50. The van der Waals surface area contributed by atoms with E-state index < -0.39 is 0 Å². The van der Waals surface area contributed by atoms with Gasteiger partial charge >= 0.3 is 0 Å². The molecule has 0 unspecified atom stereocenters. The smallest absolute Gasteiger partial charge is 0.254 e. The number of nitrogens with zero attached hydrogens (tertiary/aromatic N) is 1. The molecule has 2 N–H and O–H groups in total. The molecule has 2 aromatic carbocycles. The lowest BCUT2D eigenvalue weighted by Gasteiger charge is -2.22. The van der Waals surface area contributed by atoms with Gasteiger partial charge < -0.3 is 20.3 Å². The third-order valence-electron chi connectivity index (χ3n) is 4.50. The first-order valence-corrected chi connectivity index (χ1v) is 9.99. The van der Waals surface area contributed by atoms with Gasteiger partial charge in [-0.25, -0.2) is 0 Å². The molecule has 0 aliphatic heterocycles. The monoisotopic (exact) mass is 411 g/mol. The van der Waals surface area contributed by atoms with Crippen molar-refractivity contribution in [1.29, 1.82) is 0 Å². The van der Waals surface area contributed by atoms with Crippen LogP contribution >= 0.6 is 0 Å². The van der Waals surface area contributed by atoms with Gasteiger partial charge in [-0.2, -0.15) is 0 Å². The number of methoxy groups -OCH3 is 1. The van der Waals surface area contributed by atoms with Crippen molar-refractivity contribution in [3.8, 4) is 5.75 Å². The average molecular weight is 412 g/mol. The lowest BCUT2D eigenvalue weighted by atomic mass is 10.1. The van der Waals surface area contributed by atoms with Crippen LogP contribution in [0.4, 0.5) is 5.69 Å². The Labute approximate surface area is 177 Å². The van der Waals surface area contributed by atoms with Crippen LogP contribution in [0.2, 0.25) is 0 Å². The summed E-state index contributed by atoms with van der Waals surface area (Å²) in [5, 5.41) is 5.31. The van der Waals surface area contributed by atoms with Crippen LogP contribution in [-0.2, 0) is 9.59 Å². The van der Waals surface area contributed by atoms with Crippen LogP contribution in [-0.4, -0.2) is 49.4 Å². The lowest BCUT2D eigenvalue weighted by Crippen LogP contribution is -2.43. The molecule has 0 heterocycles. The van der Waals surface area contributed by atoms with Crippen molar-refractivity contribution in [1.82, 2.24) is 10.2 Å². The minimum Gasteiger partial charge on any atom is -0.497 e. The summed E-state index contributed by atoms with van der Waals surface area (Å²) < 4.78 is 5.17. The predicted octanol–water partition coefficient (Wildman–Crippen LogP) is 3.00. The van der Waals surface area contributed by atoms with E-state index in [9.17, 15) is 14.4 Å². The number of carbonyl (C=O) groups is 3. The lowest BCUT2D eigenvalue weighted by molar-refractivity contribution is -0.124. The van der Waals surface area contributed by atoms with E-state index in [-0.39, 0.29) is 30.8 Å². The molecule has 0 bridgehead atoms. The highest BCUT2D eigenvalue weighted by molar-refractivity contribution is 5.98. The van der Waals surface area contributed by atoms with Crippen LogP contribution in [0.5, 0.6) is 5.75 Å². The molecular formula is C23H29N3O4. The number of carbonyl (C=O) groups excluding carboxylic acids is 3. The van der Waals surface area contributed by atoms with Gasteiger partial charge in [-0.15, -0.1) is 0 Å². The van der Waals surface area contributed by atoms with Gasteiger partial charge in [0.15, 0.2) is 0 Å². The topological polar surface area (TPSA) is 87.7 Å². The van der Waals surface area contributed by atoms with Crippen molar-refractivity contribution in [2.24, 2.45) is 0 Å². The zero-order valence-corrected chi connectivity index (χ0v) is 17.7. The van der Waals surface area contributed by atoms with Crippen LogP contribution < -0.4 is 15.4 Å². The largest absolute Gasteiger partial charge is 0.497 e. The summed E-state index contributed by atoms with van der Waals surface area (Å²) in [6.07, 6.45) is 1.67. The second-order valence-electron chi connectivity index (χ2n) is 7.00. The number of ether oxygens (including phenoxy) is 1. The molecule has 0 radical (unpaired) electrons. The number of rotatable bonds is 10. The highest BCUT2D eigenvalue weighted by Gasteiger charge is 2.19. The third kappa shape index (κ3) is 7.24. The number of nitrogens with one attached hydrogen (secondary N) is 2. The van der Waals surface area contributed by atoms with Gasteiger partial charge in [0.05, 0.1) is 20.2 Å². The number of amides is 3. The quantitative estimate of drug-likeness (QED) is 0.629. The maximum Gasteiger partial charge on any atom is 0.254 e. The van der Waals surface area contributed by atoms with E-state index in [0.29, 0.717) is 23.5 Å². The Morgan fingerprint density at radius 3 is 2.43 bits per heavy atom. The molecule has 2 aromatic rings. The van der Waals surface area contributed by atoms with Gasteiger partial charge in [-0.05, 0) is 43.7 Å². The summed E-state index contributed by atoms with van der Waals surface area (Å²) >= 11 is 0. The van der Waals surface area contributed by atoms with Crippen LogP contribution in [0.25, 0.3) is 0 Å². The number of anilines is 1. The molecule has 0 aliphatic carbocycles. The first kappa shape index (κ1) is 22.9. The Bertz CT molecular complexity index is 865. The molecule has 0 saturated heterocycles. The molecule has 0 fully saturated rings. The van der Waals surface area contributed by atoms with E-state index in [1.807, 2.05) is 26.0 Å². The summed E-state index contributed by atoms with van der Waals surface area (Å²) in [7, 11) is 1.54. The zero-order valence-electron chi connectivity index (χ0n) is 17.7. The molecule has 7 heteroatoms. The molecule has 160 valence electrons. The molecule has 0 saturated carbocycles. The van der Waals surface area contributed by atoms with Crippen molar-refractivity contribution < 1.29 is 19.1 Å². The van der Waals surface area contributed by atoms with E-state index >= 15 is 0 Å². The predicted molar refractivity (Wildman–Crippen MR) is 117 cm³/mol. The highest BCUT2D eigenvalue weighted by Crippen LogP contribution is 2.15. The molecule has 30 heavy (non-hydrogen) atoms. The molecule has 2 rings (SSSR count). The maximum atomic E-state index is 12.9. The summed E-state index contributed by atoms with van der Waals surface area (Å²) in [4.78, 5) is 38.8. The molecule has 0 spiro atoms. The van der Waals surface area contributed by atoms with Gasteiger partial charge in [0.1, 0.15) is 5.75 Å². The van der Waals surface area contributed by atoms with E-state index in [1.165, 1.54) is 12.0 Å². The Kier molecular flexibility index (Phi) is 8.87. The SMILES string of the molecule is CCCCN(CC(=O)NCC(=O)Nc1ccc(C)cc1)C(=O)c1cccc(OC)c1. The fourth-order valence-electron chi connectivity index (χ4n) is 2.79. The summed E-state index contributed by atoms with van der Waals surface area (Å²) in [5.41, 5.74) is 2.21. The summed E-state index contributed by atoms with van der Waals surface area (Å²) in [6.45, 7) is 4.15. The fourth-order valence-corrected chi connectivity index (χ4v) is 2.79. The number of hydrogen-bond donors (Lipinski definition) is 2. The van der Waals surface area contributed by atoms with E-state index in [0.717, 1.165) is 18.4 Å². The van der Waals surface area contributed by atoms with Crippen LogP contribution in [0.15, 0.2) is 48.5 Å². The van der Waals surface area contributed by atoms with E-state index in [1.54, 1.807) is 36.4 Å². The molecule has 0 aliphatic rings. The van der Waals surface area contributed by atoms with Crippen molar-refractivity contribution in [3.63, 3.8) is 0 Å². The number of benzene rings is 2. The minimum atomic E-state index is -0.388. The van der Waals surface area contributed by atoms with Crippen molar-refractivity contribution in [2.45, 2.75) is 26.7 Å². The van der Waals surface area contributed by atoms with Crippen molar-refractivity contribution >= 4 is 23.4 Å². The average Bonchev–Trinajstić information content (AvgIpc) is 2.76. The molecule has 7 nitrogen and oxygen atoms in total. The minimum absolute atomic E-state index is 0.117. The Morgan fingerprint density at radius 1 is 1.03 bits per heavy atom.